The molecule has 0 N–H and O–H groups in total. The van der Waals surface area contributed by atoms with Gasteiger partial charge in [-0.05, 0) is 78.9 Å². The molecule has 2 aliphatic rings. The van der Waals surface area contributed by atoms with Crippen molar-refractivity contribution in [1.29, 1.82) is 0 Å². The Morgan fingerprint density at radius 3 is 2.34 bits per heavy atom. The molecule has 0 aromatic heterocycles. The van der Waals surface area contributed by atoms with Crippen LogP contribution >= 0.6 is 0 Å². The average Bonchev–Trinajstić information content (AvgIpc) is 2.88. The third kappa shape index (κ3) is 4.64. The van der Waals surface area contributed by atoms with Gasteiger partial charge < -0.3 is 14.2 Å². The topological polar surface area (TPSA) is 65.0 Å². The highest BCUT2D eigenvalue weighted by Gasteiger charge is 2.48. The summed E-state index contributed by atoms with van der Waals surface area (Å²) in [5.74, 6) is 0. The smallest absolute Gasteiger partial charge is 0.410 e. The molecule has 3 rings (SSSR count). The molecule has 1 aromatic rings. The third-order valence-corrected chi connectivity index (χ3v) is 7.15. The van der Waals surface area contributed by atoms with E-state index in [0.29, 0.717) is 13.1 Å². The van der Waals surface area contributed by atoms with E-state index in [1.54, 1.807) is 4.90 Å². The van der Waals surface area contributed by atoms with Crippen LogP contribution in [0.5, 0.6) is 0 Å². The maximum atomic E-state index is 12.9. The van der Waals surface area contributed by atoms with Crippen LogP contribution in [-0.2, 0) is 22.5 Å². The van der Waals surface area contributed by atoms with Crippen LogP contribution in [0.25, 0.3) is 0 Å². The number of benzene rings is 1. The second kappa shape index (κ2) is 7.62. The molecule has 1 saturated heterocycles. The minimum Gasteiger partial charge on any atom is -0.591 e. The molecule has 1 aliphatic heterocycles. The molecule has 0 radical (unpaired) electrons. The first-order valence-electron chi connectivity index (χ1n) is 10.4. The number of amides is 1. The number of hydrogen-bond donors (Lipinski definition) is 0. The van der Waals surface area contributed by atoms with Crippen LogP contribution in [0.15, 0.2) is 22.6 Å². The van der Waals surface area contributed by atoms with Gasteiger partial charge in [-0.25, -0.2) is 4.79 Å². The molecule has 5 nitrogen and oxygen atoms in total. The third-order valence-electron chi connectivity index (χ3n) is 5.75. The first-order valence-corrected chi connectivity index (χ1v) is 11.5. The Balaban J connectivity index is 1.89. The quantitative estimate of drug-likeness (QED) is 0.614. The summed E-state index contributed by atoms with van der Waals surface area (Å²) >= 11 is -1.32. The molecular weight excluding hydrogens is 384 g/mol. The molecular formula is C23H34N2O3S. The predicted octanol–water partition coefficient (Wildman–Crippen LogP) is 4.82. The molecule has 6 heteroatoms. The van der Waals surface area contributed by atoms with Crippen LogP contribution in [0.2, 0.25) is 0 Å². The van der Waals surface area contributed by atoms with Crippen LogP contribution in [0.1, 0.15) is 71.1 Å². The van der Waals surface area contributed by atoms with Gasteiger partial charge in [0.15, 0.2) is 0 Å². The second-order valence-electron chi connectivity index (χ2n) is 10.3. The van der Waals surface area contributed by atoms with Crippen molar-refractivity contribution in [2.45, 2.75) is 78.1 Å². The van der Waals surface area contributed by atoms with Gasteiger partial charge in [0.1, 0.15) is 27.4 Å². The zero-order valence-electron chi connectivity index (χ0n) is 18.8. The molecule has 160 valence electrons. The van der Waals surface area contributed by atoms with Crippen molar-refractivity contribution in [3.05, 3.63) is 34.9 Å². The minimum atomic E-state index is -1.32. The van der Waals surface area contributed by atoms with Crippen LogP contribution in [0.4, 0.5) is 4.79 Å². The molecule has 1 unspecified atom stereocenters. The van der Waals surface area contributed by atoms with Gasteiger partial charge in [-0.1, -0.05) is 22.6 Å². The summed E-state index contributed by atoms with van der Waals surface area (Å²) in [6, 6.07) is 6.29. The largest absolute Gasteiger partial charge is 0.591 e. The number of fused-ring (bicyclic) bond motifs is 1. The first-order chi connectivity index (χ1) is 13.3. The highest BCUT2D eigenvalue weighted by atomic mass is 32.2. The molecule has 1 fully saturated rings. The Morgan fingerprint density at radius 2 is 1.79 bits per heavy atom. The summed E-state index contributed by atoms with van der Waals surface area (Å²) in [6.07, 6.45) is 2.26. The first kappa shape index (κ1) is 22.2. The fourth-order valence-corrected chi connectivity index (χ4v) is 4.82. The van der Waals surface area contributed by atoms with Gasteiger partial charge >= 0.3 is 6.09 Å². The number of likely N-dealkylation sites (tertiary alicyclic amines) is 1. The van der Waals surface area contributed by atoms with E-state index in [0.717, 1.165) is 30.5 Å². The lowest BCUT2D eigenvalue weighted by Gasteiger charge is -2.39. The van der Waals surface area contributed by atoms with E-state index < -0.39 is 21.7 Å². The van der Waals surface area contributed by atoms with Gasteiger partial charge in [0.2, 0.25) is 0 Å². The predicted molar refractivity (Wildman–Crippen MR) is 119 cm³/mol. The fourth-order valence-electron chi connectivity index (χ4n) is 4.09. The Hall–Kier alpha value is -1.53. The number of nitrogens with zero attached hydrogens (tertiary/aromatic N) is 2. The molecule has 1 aromatic carbocycles. The van der Waals surface area contributed by atoms with E-state index >= 15 is 0 Å². The minimum absolute atomic E-state index is 0.159. The normalized spacial score (nSPS) is 21.4. The Bertz CT molecular complexity index is 812. The Labute approximate surface area is 178 Å². The molecule has 1 amide bonds. The van der Waals surface area contributed by atoms with E-state index in [4.69, 9.17) is 9.13 Å². The summed E-state index contributed by atoms with van der Waals surface area (Å²) in [7, 11) is 0. The van der Waals surface area contributed by atoms with Gasteiger partial charge in [0.25, 0.3) is 0 Å². The highest BCUT2D eigenvalue weighted by molar-refractivity contribution is 7.91. The lowest BCUT2D eigenvalue weighted by Crippen LogP contribution is -2.47. The molecule has 0 saturated carbocycles. The van der Waals surface area contributed by atoms with E-state index in [1.807, 2.05) is 41.5 Å². The SMILES string of the molecule is Cc1cccc2c1CC1(CCN(C(=O)OC(C)(C)C)CC1)C2=N[S+]([O-])C(C)(C)C. The van der Waals surface area contributed by atoms with Crippen molar-refractivity contribution < 1.29 is 14.1 Å². The number of carbonyl (C=O) groups is 1. The number of ether oxygens (including phenoxy) is 1. The number of aryl methyl sites for hydroxylation is 1. The number of piperidine rings is 1. The van der Waals surface area contributed by atoms with Gasteiger partial charge in [-0.3, -0.25) is 0 Å². The van der Waals surface area contributed by atoms with Gasteiger partial charge in [0.05, 0.1) is 0 Å². The Kier molecular flexibility index (Phi) is 5.82. The lowest BCUT2D eigenvalue weighted by atomic mass is 9.74. The number of carbonyl (C=O) groups excluding carboxylic acids is 1. The van der Waals surface area contributed by atoms with Crippen LogP contribution in [0, 0.1) is 12.3 Å². The number of rotatable bonds is 1. The van der Waals surface area contributed by atoms with Crippen LogP contribution in [0.3, 0.4) is 0 Å². The highest BCUT2D eigenvalue weighted by Crippen LogP contribution is 2.47. The molecule has 0 bridgehead atoms. The second-order valence-corrected chi connectivity index (χ2v) is 12.2. The van der Waals surface area contributed by atoms with E-state index in [2.05, 4.69) is 25.1 Å². The Morgan fingerprint density at radius 1 is 1.17 bits per heavy atom. The van der Waals surface area contributed by atoms with Crippen molar-refractivity contribution in [2.75, 3.05) is 13.1 Å². The maximum absolute atomic E-state index is 12.9. The van der Waals surface area contributed by atoms with Gasteiger partial charge in [-0.15, -0.1) is 0 Å². The molecule has 1 spiro atoms. The zero-order chi connectivity index (χ0) is 21.6. The average molecular weight is 419 g/mol. The maximum Gasteiger partial charge on any atom is 0.410 e. The van der Waals surface area contributed by atoms with E-state index in [-0.39, 0.29) is 11.5 Å². The van der Waals surface area contributed by atoms with Crippen LogP contribution in [-0.4, -0.2) is 44.7 Å². The summed E-state index contributed by atoms with van der Waals surface area (Å²) < 4.78 is 22.8. The summed E-state index contributed by atoms with van der Waals surface area (Å²) in [4.78, 5) is 14.3. The standard InChI is InChI=1S/C23H34N2O3S/c1-16-9-8-10-17-18(16)15-23(19(17)24-29(27)22(5,6)7)11-13-25(14-12-23)20(26)28-21(2,3)4/h8-10H,11-15H2,1-7H3. The monoisotopic (exact) mass is 418 g/mol. The van der Waals surface area contributed by atoms with Crippen molar-refractivity contribution in [2.24, 2.45) is 9.81 Å². The van der Waals surface area contributed by atoms with Crippen molar-refractivity contribution in [3.63, 3.8) is 0 Å². The zero-order valence-corrected chi connectivity index (χ0v) is 19.6. The summed E-state index contributed by atoms with van der Waals surface area (Å²) in [6.45, 7) is 14.9. The molecule has 1 atom stereocenters. The van der Waals surface area contributed by atoms with Crippen LogP contribution < -0.4 is 0 Å². The fraction of sp³-hybridized carbons (Fsp3) is 0.652. The van der Waals surface area contributed by atoms with Crippen molar-refractivity contribution in [1.82, 2.24) is 4.90 Å². The molecule has 1 aliphatic carbocycles. The van der Waals surface area contributed by atoms with E-state index in [1.165, 1.54) is 11.1 Å². The van der Waals surface area contributed by atoms with Gasteiger partial charge in [-0.2, -0.15) is 0 Å². The summed E-state index contributed by atoms with van der Waals surface area (Å²) in [5.41, 5.74) is 4.00. The molecule has 29 heavy (non-hydrogen) atoms. The summed E-state index contributed by atoms with van der Waals surface area (Å²) in [5, 5.41) is 0. The van der Waals surface area contributed by atoms with Crippen molar-refractivity contribution >= 4 is 23.2 Å². The molecule has 1 heterocycles. The number of hydrogen-bond acceptors (Lipinski definition) is 4. The van der Waals surface area contributed by atoms with E-state index in [9.17, 15) is 9.35 Å². The van der Waals surface area contributed by atoms with Gasteiger partial charge in [0, 0.05) is 24.1 Å². The van der Waals surface area contributed by atoms with Crippen molar-refractivity contribution in [3.8, 4) is 0 Å². The lowest BCUT2D eigenvalue weighted by molar-refractivity contribution is 0.0159.